The molecule has 0 fully saturated rings. The monoisotopic (exact) mass is 534 g/mol. The summed E-state index contributed by atoms with van der Waals surface area (Å²) in [6.07, 6.45) is 12.8. The van der Waals surface area contributed by atoms with Gasteiger partial charge in [-0.1, -0.05) is 85.8 Å². The van der Waals surface area contributed by atoms with Crippen LogP contribution in [0, 0.1) is 0 Å². The maximum absolute atomic E-state index is 12.4. The van der Waals surface area contributed by atoms with Crippen molar-refractivity contribution >= 4 is 45.6 Å². The SMILES string of the molecule is CCCCCCCCCCCC(=O)NN=Cc1cc(Br)ccc1OC(=O)c1ccc(Cl)cc1. The highest BCUT2D eigenvalue weighted by Gasteiger charge is 2.12. The molecule has 0 aromatic heterocycles. The van der Waals surface area contributed by atoms with Gasteiger partial charge >= 0.3 is 5.97 Å². The van der Waals surface area contributed by atoms with E-state index in [0.717, 1.165) is 17.3 Å². The molecular weight excluding hydrogens is 504 g/mol. The second-order valence-corrected chi connectivity index (χ2v) is 9.30. The van der Waals surface area contributed by atoms with Crippen LogP contribution in [-0.4, -0.2) is 18.1 Å². The van der Waals surface area contributed by atoms with Crippen molar-refractivity contribution in [3.05, 3.63) is 63.1 Å². The van der Waals surface area contributed by atoms with Gasteiger partial charge in [0.25, 0.3) is 0 Å². The van der Waals surface area contributed by atoms with Gasteiger partial charge in [0.05, 0.1) is 11.8 Å². The Kier molecular flexibility index (Phi) is 12.8. The van der Waals surface area contributed by atoms with Gasteiger partial charge in [-0.15, -0.1) is 0 Å². The smallest absolute Gasteiger partial charge is 0.343 e. The van der Waals surface area contributed by atoms with E-state index in [0.29, 0.717) is 28.3 Å². The predicted molar refractivity (Wildman–Crippen MR) is 138 cm³/mol. The van der Waals surface area contributed by atoms with E-state index in [9.17, 15) is 9.59 Å². The molecule has 0 aliphatic carbocycles. The molecule has 178 valence electrons. The van der Waals surface area contributed by atoms with Gasteiger partial charge in [0, 0.05) is 21.5 Å². The third-order valence-electron chi connectivity index (χ3n) is 5.15. The fourth-order valence-electron chi connectivity index (χ4n) is 3.28. The molecule has 0 unspecified atom stereocenters. The maximum Gasteiger partial charge on any atom is 0.343 e. The molecule has 33 heavy (non-hydrogen) atoms. The lowest BCUT2D eigenvalue weighted by Crippen LogP contribution is -2.17. The van der Waals surface area contributed by atoms with Crippen molar-refractivity contribution in [2.45, 2.75) is 71.1 Å². The van der Waals surface area contributed by atoms with Crippen LogP contribution in [0.5, 0.6) is 5.75 Å². The molecule has 2 rings (SSSR count). The van der Waals surface area contributed by atoms with Crippen LogP contribution in [0.2, 0.25) is 5.02 Å². The zero-order valence-electron chi connectivity index (χ0n) is 19.1. The predicted octanol–water partition coefficient (Wildman–Crippen LogP) is 7.69. The van der Waals surface area contributed by atoms with Gasteiger partial charge in [0.2, 0.25) is 5.91 Å². The Balaban J connectivity index is 1.77. The van der Waals surface area contributed by atoms with Crippen LogP contribution < -0.4 is 10.2 Å². The maximum atomic E-state index is 12.4. The second kappa shape index (κ2) is 15.6. The third kappa shape index (κ3) is 11.0. The standard InChI is InChI=1S/C26H32BrClN2O3/c1-2-3-4-5-6-7-8-9-10-11-25(31)30-29-19-21-18-22(27)14-17-24(21)33-26(32)20-12-15-23(28)16-13-20/h12-19H,2-11H2,1H3,(H,30,31). The van der Waals surface area contributed by atoms with Gasteiger partial charge in [0.15, 0.2) is 0 Å². The van der Waals surface area contributed by atoms with Crippen molar-refractivity contribution in [2.75, 3.05) is 0 Å². The third-order valence-corrected chi connectivity index (χ3v) is 5.90. The lowest BCUT2D eigenvalue weighted by molar-refractivity contribution is -0.121. The lowest BCUT2D eigenvalue weighted by Gasteiger charge is -2.08. The van der Waals surface area contributed by atoms with Crippen molar-refractivity contribution in [3.63, 3.8) is 0 Å². The Labute approximate surface area is 210 Å². The van der Waals surface area contributed by atoms with Gasteiger partial charge in [-0.3, -0.25) is 4.79 Å². The fraction of sp³-hybridized carbons (Fsp3) is 0.423. The number of hydrogen-bond acceptors (Lipinski definition) is 4. The number of carbonyl (C=O) groups is 2. The van der Waals surface area contributed by atoms with E-state index in [1.54, 1.807) is 42.5 Å². The molecule has 7 heteroatoms. The highest BCUT2D eigenvalue weighted by atomic mass is 79.9. The first-order valence-electron chi connectivity index (χ1n) is 11.6. The van der Waals surface area contributed by atoms with Crippen LogP contribution >= 0.6 is 27.5 Å². The van der Waals surface area contributed by atoms with Crippen LogP contribution in [0.1, 0.15) is 87.1 Å². The van der Waals surface area contributed by atoms with Crippen molar-refractivity contribution in [1.29, 1.82) is 0 Å². The summed E-state index contributed by atoms with van der Waals surface area (Å²) in [4.78, 5) is 24.5. The van der Waals surface area contributed by atoms with Crippen LogP contribution in [0.3, 0.4) is 0 Å². The molecule has 0 bridgehead atoms. The first kappa shape index (κ1) is 27.1. The number of rotatable bonds is 14. The average molecular weight is 536 g/mol. The molecule has 0 spiro atoms. The van der Waals surface area contributed by atoms with Gasteiger partial charge < -0.3 is 4.74 Å². The molecule has 1 N–H and O–H groups in total. The minimum absolute atomic E-state index is 0.121. The van der Waals surface area contributed by atoms with Gasteiger partial charge in [-0.2, -0.15) is 5.10 Å². The first-order chi connectivity index (χ1) is 16.0. The zero-order chi connectivity index (χ0) is 23.9. The minimum atomic E-state index is -0.502. The molecular formula is C26H32BrClN2O3. The molecule has 0 saturated carbocycles. The lowest BCUT2D eigenvalue weighted by atomic mass is 10.1. The Morgan fingerprint density at radius 2 is 1.61 bits per heavy atom. The van der Waals surface area contributed by atoms with Crippen LogP contribution in [-0.2, 0) is 4.79 Å². The van der Waals surface area contributed by atoms with E-state index < -0.39 is 5.97 Å². The molecule has 0 aliphatic rings. The molecule has 0 saturated heterocycles. The summed E-state index contributed by atoms with van der Waals surface area (Å²) in [5, 5.41) is 4.58. The van der Waals surface area contributed by atoms with Crippen LogP contribution in [0.4, 0.5) is 0 Å². The number of amides is 1. The summed E-state index contributed by atoms with van der Waals surface area (Å²) in [7, 11) is 0. The van der Waals surface area contributed by atoms with Gasteiger partial charge in [-0.25, -0.2) is 10.2 Å². The number of benzene rings is 2. The highest BCUT2D eigenvalue weighted by molar-refractivity contribution is 9.10. The number of hydrogen-bond donors (Lipinski definition) is 1. The largest absolute Gasteiger partial charge is 0.422 e. The number of hydrazone groups is 1. The van der Waals surface area contributed by atoms with Crippen LogP contribution in [0.25, 0.3) is 0 Å². The molecule has 2 aromatic carbocycles. The Morgan fingerprint density at radius 3 is 2.27 bits per heavy atom. The number of carbonyl (C=O) groups excluding carboxylic acids is 2. The number of halogens is 2. The van der Waals surface area contributed by atoms with E-state index in [1.807, 2.05) is 0 Å². The molecule has 0 aliphatic heterocycles. The zero-order valence-corrected chi connectivity index (χ0v) is 21.5. The first-order valence-corrected chi connectivity index (χ1v) is 12.8. The minimum Gasteiger partial charge on any atom is -0.422 e. The normalized spacial score (nSPS) is 11.0. The van der Waals surface area contributed by atoms with E-state index in [1.165, 1.54) is 51.2 Å². The number of nitrogens with one attached hydrogen (secondary N) is 1. The number of nitrogens with zero attached hydrogens (tertiary/aromatic N) is 1. The summed E-state index contributed by atoms with van der Waals surface area (Å²) in [6, 6.07) is 11.7. The van der Waals surface area contributed by atoms with Crippen LogP contribution in [0.15, 0.2) is 52.0 Å². The Hall–Kier alpha value is -2.18. The van der Waals surface area contributed by atoms with E-state index in [2.05, 4.69) is 33.4 Å². The molecule has 0 atom stereocenters. The van der Waals surface area contributed by atoms with Crippen molar-refractivity contribution in [3.8, 4) is 5.75 Å². The summed E-state index contributed by atoms with van der Waals surface area (Å²) in [6.45, 7) is 2.23. The number of unbranched alkanes of at least 4 members (excludes halogenated alkanes) is 8. The average Bonchev–Trinajstić information content (AvgIpc) is 2.80. The number of ether oxygens (including phenoxy) is 1. The van der Waals surface area contributed by atoms with E-state index >= 15 is 0 Å². The quantitative estimate of drug-likeness (QED) is 0.0886. The Morgan fingerprint density at radius 1 is 0.970 bits per heavy atom. The summed E-state index contributed by atoms with van der Waals surface area (Å²) < 4.78 is 6.31. The summed E-state index contributed by atoms with van der Waals surface area (Å²) >= 11 is 9.27. The molecule has 0 radical (unpaired) electrons. The number of esters is 1. The van der Waals surface area contributed by atoms with Gasteiger partial charge in [-0.05, 0) is 48.9 Å². The van der Waals surface area contributed by atoms with Crippen molar-refractivity contribution < 1.29 is 14.3 Å². The molecule has 1 amide bonds. The topological polar surface area (TPSA) is 67.8 Å². The van der Waals surface area contributed by atoms with Crippen molar-refractivity contribution in [1.82, 2.24) is 5.43 Å². The van der Waals surface area contributed by atoms with Crippen molar-refractivity contribution in [2.24, 2.45) is 5.10 Å². The Bertz CT molecular complexity index is 916. The van der Waals surface area contributed by atoms with E-state index in [4.69, 9.17) is 16.3 Å². The molecule has 0 heterocycles. The second-order valence-electron chi connectivity index (χ2n) is 7.95. The fourth-order valence-corrected chi connectivity index (χ4v) is 3.79. The molecule has 5 nitrogen and oxygen atoms in total. The summed E-state index contributed by atoms with van der Waals surface area (Å²) in [5.41, 5.74) is 3.51. The molecule has 2 aromatic rings. The van der Waals surface area contributed by atoms with Gasteiger partial charge in [0.1, 0.15) is 5.75 Å². The van der Waals surface area contributed by atoms with E-state index in [-0.39, 0.29) is 5.91 Å². The highest BCUT2D eigenvalue weighted by Crippen LogP contribution is 2.23. The summed E-state index contributed by atoms with van der Waals surface area (Å²) in [5.74, 6) is -0.281.